The quantitative estimate of drug-likeness (QED) is 0.713. The van der Waals surface area contributed by atoms with Crippen LogP contribution in [0.3, 0.4) is 0 Å². The number of anilines is 2. The van der Waals surface area contributed by atoms with E-state index in [9.17, 15) is 13.2 Å². The molecule has 1 amide bonds. The minimum Gasteiger partial charge on any atom is -0.325 e. The van der Waals surface area contributed by atoms with E-state index in [2.05, 4.69) is 12.2 Å². The summed E-state index contributed by atoms with van der Waals surface area (Å²) in [4.78, 5) is 12.6. The van der Waals surface area contributed by atoms with Crippen molar-refractivity contribution in [3.63, 3.8) is 0 Å². The second kappa shape index (κ2) is 9.24. The average molecular weight is 403 g/mol. The van der Waals surface area contributed by atoms with E-state index in [1.807, 2.05) is 57.2 Å². The van der Waals surface area contributed by atoms with E-state index in [0.717, 1.165) is 42.2 Å². The highest BCUT2D eigenvalue weighted by molar-refractivity contribution is 7.92. The first-order chi connectivity index (χ1) is 13.1. The summed E-state index contributed by atoms with van der Waals surface area (Å²) in [5.41, 5.74) is 5.17. The van der Waals surface area contributed by atoms with Crippen LogP contribution in [0.15, 0.2) is 36.4 Å². The van der Waals surface area contributed by atoms with Gasteiger partial charge in [0.05, 0.1) is 11.9 Å². The monoisotopic (exact) mass is 402 g/mol. The van der Waals surface area contributed by atoms with E-state index in [4.69, 9.17) is 0 Å². The number of carbonyl (C=O) groups excluding carboxylic acids is 1. The van der Waals surface area contributed by atoms with Crippen LogP contribution in [0, 0.1) is 20.8 Å². The number of benzene rings is 2. The molecule has 0 aliphatic carbocycles. The maximum absolute atomic E-state index is 12.6. The summed E-state index contributed by atoms with van der Waals surface area (Å²) < 4.78 is 26.0. The number of amides is 1. The molecule has 6 heteroatoms. The van der Waals surface area contributed by atoms with Gasteiger partial charge < -0.3 is 5.32 Å². The fraction of sp³-hybridized carbons (Fsp3) is 0.409. The third kappa shape index (κ3) is 5.83. The van der Waals surface area contributed by atoms with Gasteiger partial charge in [-0.1, -0.05) is 43.2 Å². The Labute approximate surface area is 168 Å². The minimum atomic E-state index is -3.61. The zero-order valence-electron chi connectivity index (χ0n) is 17.4. The Morgan fingerprint density at radius 2 is 1.61 bits per heavy atom. The molecular formula is C22H30N2O3S. The molecule has 0 aromatic heterocycles. The molecule has 0 heterocycles. The third-order valence-corrected chi connectivity index (χ3v) is 5.74. The van der Waals surface area contributed by atoms with Crippen LogP contribution in [0.1, 0.15) is 42.0 Å². The molecule has 1 N–H and O–H groups in total. The van der Waals surface area contributed by atoms with Crippen LogP contribution >= 0.6 is 0 Å². The minimum absolute atomic E-state index is 0.263. The van der Waals surface area contributed by atoms with Gasteiger partial charge in [0.2, 0.25) is 15.9 Å². The van der Waals surface area contributed by atoms with Gasteiger partial charge in [0.15, 0.2) is 0 Å². The predicted molar refractivity (Wildman–Crippen MR) is 117 cm³/mol. The number of unbranched alkanes of at least 4 members (excludes halogenated alkanes) is 1. The molecule has 2 rings (SSSR count). The first-order valence-electron chi connectivity index (χ1n) is 9.56. The molecule has 0 bridgehead atoms. The lowest BCUT2D eigenvalue weighted by Gasteiger charge is -2.26. The molecule has 2 aromatic rings. The Kier molecular flexibility index (Phi) is 7.24. The molecular weight excluding hydrogens is 372 g/mol. The SMILES string of the molecule is CCCCc1ccc(NC(=O)CN(c2c(C)cc(C)cc2C)S(C)(=O)=O)cc1. The number of hydrogen-bond acceptors (Lipinski definition) is 3. The highest BCUT2D eigenvalue weighted by Gasteiger charge is 2.24. The number of hydrogen-bond donors (Lipinski definition) is 1. The molecule has 152 valence electrons. The molecule has 0 spiro atoms. The van der Waals surface area contributed by atoms with Crippen LogP contribution in [-0.4, -0.2) is 27.1 Å². The summed E-state index contributed by atoms with van der Waals surface area (Å²) >= 11 is 0. The van der Waals surface area contributed by atoms with Crippen LogP contribution in [-0.2, 0) is 21.2 Å². The van der Waals surface area contributed by atoms with Crippen molar-refractivity contribution in [1.29, 1.82) is 0 Å². The summed E-state index contributed by atoms with van der Waals surface area (Å²) in [6, 6.07) is 11.6. The van der Waals surface area contributed by atoms with Gasteiger partial charge in [-0.2, -0.15) is 0 Å². The second-order valence-electron chi connectivity index (χ2n) is 7.37. The fourth-order valence-electron chi connectivity index (χ4n) is 3.39. The van der Waals surface area contributed by atoms with E-state index in [0.29, 0.717) is 11.4 Å². The number of aryl methyl sites for hydroxylation is 4. The van der Waals surface area contributed by atoms with Gasteiger partial charge in [-0.25, -0.2) is 8.42 Å². The zero-order chi connectivity index (χ0) is 20.9. The lowest BCUT2D eigenvalue weighted by Crippen LogP contribution is -2.38. The Bertz CT molecular complexity index is 912. The molecule has 0 saturated heterocycles. The standard InChI is InChI=1S/C22H30N2O3S/c1-6-7-8-19-9-11-20(12-10-19)23-21(25)15-24(28(5,26)27)22-17(3)13-16(2)14-18(22)4/h9-14H,6-8,15H2,1-5H3,(H,23,25). The molecule has 0 unspecified atom stereocenters. The zero-order valence-corrected chi connectivity index (χ0v) is 18.2. The van der Waals surface area contributed by atoms with Crippen molar-refractivity contribution in [3.8, 4) is 0 Å². The van der Waals surface area contributed by atoms with E-state index >= 15 is 0 Å². The van der Waals surface area contributed by atoms with Crippen LogP contribution in [0.25, 0.3) is 0 Å². The first-order valence-corrected chi connectivity index (χ1v) is 11.4. The number of carbonyl (C=O) groups is 1. The first kappa shape index (κ1) is 22.0. The van der Waals surface area contributed by atoms with Crippen LogP contribution in [0.2, 0.25) is 0 Å². The average Bonchev–Trinajstić information content (AvgIpc) is 2.58. The molecule has 0 aliphatic heterocycles. The molecule has 0 radical (unpaired) electrons. The summed E-state index contributed by atoms with van der Waals surface area (Å²) in [5.74, 6) is -0.369. The Morgan fingerprint density at radius 1 is 1.04 bits per heavy atom. The normalized spacial score (nSPS) is 11.3. The molecule has 0 fully saturated rings. The van der Waals surface area contributed by atoms with Crippen molar-refractivity contribution in [1.82, 2.24) is 0 Å². The van der Waals surface area contributed by atoms with Crippen LogP contribution in [0.5, 0.6) is 0 Å². The molecule has 0 atom stereocenters. The van der Waals surface area contributed by atoms with Gasteiger partial charge in [0.25, 0.3) is 0 Å². The van der Waals surface area contributed by atoms with Gasteiger partial charge in [-0.05, 0) is 62.4 Å². The van der Waals surface area contributed by atoms with Gasteiger partial charge in [0.1, 0.15) is 6.54 Å². The van der Waals surface area contributed by atoms with E-state index < -0.39 is 10.0 Å². The van der Waals surface area contributed by atoms with Crippen molar-refractivity contribution in [2.45, 2.75) is 47.0 Å². The lowest BCUT2D eigenvalue weighted by atomic mass is 10.1. The van der Waals surface area contributed by atoms with Crippen molar-refractivity contribution in [2.75, 3.05) is 22.4 Å². The van der Waals surface area contributed by atoms with Crippen molar-refractivity contribution < 1.29 is 13.2 Å². The van der Waals surface area contributed by atoms with Crippen LogP contribution in [0.4, 0.5) is 11.4 Å². The lowest BCUT2D eigenvalue weighted by molar-refractivity contribution is -0.114. The van der Waals surface area contributed by atoms with E-state index in [1.165, 1.54) is 9.87 Å². The maximum Gasteiger partial charge on any atom is 0.245 e. The largest absolute Gasteiger partial charge is 0.325 e. The Balaban J connectivity index is 2.19. The molecule has 28 heavy (non-hydrogen) atoms. The fourth-order valence-corrected chi connectivity index (χ4v) is 4.37. The third-order valence-electron chi connectivity index (χ3n) is 4.63. The predicted octanol–water partition coefficient (Wildman–Crippen LogP) is 4.36. The second-order valence-corrected chi connectivity index (χ2v) is 9.27. The maximum atomic E-state index is 12.6. The highest BCUT2D eigenvalue weighted by atomic mass is 32.2. The number of sulfonamides is 1. The summed E-state index contributed by atoms with van der Waals surface area (Å²) in [5, 5.41) is 2.80. The van der Waals surface area contributed by atoms with Crippen LogP contribution < -0.4 is 9.62 Å². The Hall–Kier alpha value is -2.34. The number of rotatable bonds is 8. The van der Waals surface area contributed by atoms with Crippen molar-refractivity contribution in [2.24, 2.45) is 0 Å². The number of nitrogens with one attached hydrogen (secondary N) is 1. The smallest absolute Gasteiger partial charge is 0.245 e. The molecule has 0 aliphatic rings. The summed E-state index contributed by atoms with van der Waals surface area (Å²) in [6.07, 6.45) is 4.40. The Morgan fingerprint density at radius 3 is 2.11 bits per heavy atom. The van der Waals surface area contributed by atoms with Crippen molar-refractivity contribution >= 4 is 27.3 Å². The molecule has 0 saturated carbocycles. The van der Waals surface area contributed by atoms with E-state index in [-0.39, 0.29) is 12.5 Å². The van der Waals surface area contributed by atoms with Crippen molar-refractivity contribution in [3.05, 3.63) is 58.7 Å². The summed E-state index contributed by atoms with van der Waals surface area (Å²) in [7, 11) is -3.61. The van der Waals surface area contributed by atoms with Gasteiger partial charge in [-0.3, -0.25) is 9.10 Å². The highest BCUT2D eigenvalue weighted by Crippen LogP contribution is 2.28. The summed E-state index contributed by atoms with van der Waals surface area (Å²) in [6.45, 7) is 7.58. The molecule has 2 aromatic carbocycles. The van der Waals surface area contributed by atoms with E-state index in [1.54, 1.807) is 0 Å². The molecule has 5 nitrogen and oxygen atoms in total. The van der Waals surface area contributed by atoms with Gasteiger partial charge in [-0.15, -0.1) is 0 Å². The topological polar surface area (TPSA) is 66.5 Å². The van der Waals surface area contributed by atoms with Gasteiger partial charge >= 0.3 is 0 Å². The number of nitrogens with zero attached hydrogens (tertiary/aromatic N) is 1. The van der Waals surface area contributed by atoms with Gasteiger partial charge in [0, 0.05) is 5.69 Å².